The molecule has 4 nitrogen and oxygen atoms in total. The van der Waals surface area contributed by atoms with Gasteiger partial charge in [-0.25, -0.2) is 4.98 Å². The van der Waals surface area contributed by atoms with Crippen molar-refractivity contribution in [3.8, 4) is 17.2 Å². The van der Waals surface area contributed by atoms with Gasteiger partial charge in [0.25, 0.3) is 0 Å². The van der Waals surface area contributed by atoms with Crippen molar-refractivity contribution < 1.29 is 4.42 Å². The zero-order chi connectivity index (χ0) is 28.1. The summed E-state index contributed by atoms with van der Waals surface area (Å²) in [7, 11) is 0. The fourth-order valence-electron chi connectivity index (χ4n) is 6.75. The standard InChI is InChI=1S/C38H21N3OS/c1-2-10-23-21-24(18-17-22(23)9-1)36-35-26-12-4-7-15-30(26)42-37(35)40-38(39-36)41-28-14-6-3-11-25(28)33-29(41)19-20-32-34(33)27-13-5-8-16-31(27)43-32/h1-21H. The minimum atomic E-state index is 0.586. The monoisotopic (exact) mass is 567 g/mol. The number of hydrogen-bond donors (Lipinski definition) is 0. The quantitative estimate of drug-likeness (QED) is 0.209. The Balaban J connectivity index is 1.36. The molecule has 0 fully saturated rings. The molecule has 0 atom stereocenters. The van der Waals surface area contributed by atoms with Crippen molar-refractivity contribution >= 4 is 86.2 Å². The smallest absolute Gasteiger partial charge is 0.238 e. The number of rotatable bonds is 2. The molecule has 4 heterocycles. The molecule has 0 aliphatic rings. The Hall–Kier alpha value is -5.52. The summed E-state index contributed by atoms with van der Waals surface area (Å²) in [5.41, 5.74) is 5.44. The second kappa shape index (κ2) is 8.51. The molecule has 10 aromatic rings. The minimum Gasteiger partial charge on any atom is -0.437 e. The Labute approximate surface area is 249 Å². The Bertz CT molecular complexity index is 2750. The van der Waals surface area contributed by atoms with Gasteiger partial charge in [0.2, 0.25) is 11.7 Å². The van der Waals surface area contributed by atoms with Gasteiger partial charge in [-0.1, -0.05) is 91.0 Å². The summed E-state index contributed by atoms with van der Waals surface area (Å²) in [5, 5.41) is 9.29. The van der Waals surface area contributed by atoms with Crippen LogP contribution < -0.4 is 0 Å². The molecule has 0 saturated heterocycles. The van der Waals surface area contributed by atoms with E-state index in [4.69, 9.17) is 14.4 Å². The summed E-state index contributed by atoms with van der Waals surface area (Å²) in [6.07, 6.45) is 0. The van der Waals surface area contributed by atoms with Gasteiger partial charge < -0.3 is 4.42 Å². The van der Waals surface area contributed by atoms with E-state index in [0.29, 0.717) is 11.7 Å². The average molecular weight is 568 g/mol. The fourth-order valence-corrected chi connectivity index (χ4v) is 7.86. The van der Waals surface area contributed by atoms with Gasteiger partial charge >= 0.3 is 0 Å². The average Bonchev–Trinajstić information content (AvgIpc) is 3.73. The van der Waals surface area contributed by atoms with Crippen molar-refractivity contribution in [1.82, 2.24) is 14.5 Å². The van der Waals surface area contributed by atoms with E-state index in [-0.39, 0.29) is 0 Å². The lowest BCUT2D eigenvalue weighted by molar-refractivity contribution is 0.651. The summed E-state index contributed by atoms with van der Waals surface area (Å²) in [5.74, 6) is 0.597. The number of furan rings is 1. The topological polar surface area (TPSA) is 43.9 Å². The van der Waals surface area contributed by atoms with Crippen molar-refractivity contribution in [3.05, 3.63) is 127 Å². The van der Waals surface area contributed by atoms with E-state index in [1.54, 1.807) is 0 Å². The highest BCUT2D eigenvalue weighted by Crippen LogP contribution is 2.44. The first kappa shape index (κ1) is 23.1. The first-order chi connectivity index (χ1) is 21.3. The Morgan fingerprint density at radius 3 is 2.23 bits per heavy atom. The van der Waals surface area contributed by atoms with Gasteiger partial charge in [0.1, 0.15) is 5.58 Å². The van der Waals surface area contributed by atoms with Crippen molar-refractivity contribution in [2.75, 3.05) is 0 Å². The summed E-state index contributed by atoms with van der Waals surface area (Å²) >= 11 is 1.84. The van der Waals surface area contributed by atoms with Gasteiger partial charge in [0.05, 0.1) is 22.1 Å². The Morgan fingerprint density at radius 2 is 1.30 bits per heavy atom. The van der Waals surface area contributed by atoms with Crippen LogP contribution in [0.3, 0.4) is 0 Å². The Kier molecular flexibility index (Phi) is 4.57. The van der Waals surface area contributed by atoms with Crippen LogP contribution in [-0.4, -0.2) is 14.5 Å². The van der Waals surface area contributed by atoms with E-state index in [1.807, 2.05) is 29.5 Å². The third-order valence-electron chi connectivity index (χ3n) is 8.63. The van der Waals surface area contributed by atoms with Gasteiger partial charge in [0.15, 0.2) is 0 Å². The molecule has 0 N–H and O–H groups in total. The van der Waals surface area contributed by atoms with E-state index in [0.717, 1.165) is 38.6 Å². The van der Waals surface area contributed by atoms with Gasteiger partial charge in [0, 0.05) is 41.9 Å². The number of thiophene rings is 1. The molecule has 0 radical (unpaired) electrons. The second-order valence-electron chi connectivity index (χ2n) is 11.0. The van der Waals surface area contributed by atoms with Crippen LogP contribution in [0.15, 0.2) is 132 Å². The highest BCUT2D eigenvalue weighted by Gasteiger charge is 2.22. The third kappa shape index (κ3) is 3.20. The van der Waals surface area contributed by atoms with E-state index in [9.17, 15) is 0 Å². The molecule has 10 rings (SSSR count). The molecule has 0 spiro atoms. The predicted molar refractivity (Wildman–Crippen MR) is 179 cm³/mol. The Morgan fingerprint density at radius 1 is 0.535 bits per heavy atom. The van der Waals surface area contributed by atoms with E-state index >= 15 is 0 Å². The highest BCUT2D eigenvalue weighted by molar-refractivity contribution is 7.26. The van der Waals surface area contributed by atoms with E-state index in [1.165, 1.54) is 41.7 Å². The van der Waals surface area contributed by atoms with Crippen LogP contribution in [0.4, 0.5) is 0 Å². The molecule has 0 aliphatic carbocycles. The number of hydrogen-bond acceptors (Lipinski definition) is 4. The van der Waals surface area contributed by atoms with Crippen LogP contribution >= 0.6 is 11.3 Å². The summed E-state index contributed by atoms with van der Waals surface area (Å²) in [6.45, 7) is 0. The molecular weight excluding hydrogens is 547 g/mol. The number of para-hydroxylation sites is 2. The predicted octanol–water partition coefficient (Wildman–Crippen LogP) is 10.7. The van der Waals surface area contributed by atoms with Crippen molar-refractivity contribution in [2.45, 2.75) is 0 Å². The van der Waals surface area contributed by atoms with Gasteiger partial charge in [-0.05, 0) is 47.2 Å². The first-order valence-electron chi connectivity index (χ1n) is 14.3. The lowest BCUT2D eigenvalue weighted by Gasteiger charge is -2.10. The summed E-state index contributed by atoms with van der Waals surface area (Å²) in [4.78, 5) is 10.5. The summed E-state index contributed by atoms with van der Waals surface area (Å²) < 4.78 is 11.2. The van der Waals surface area contributed by atoms with Crippen LogP contribution in [-0.2, 0) is 0 Å². The molecule has 0 bridgehead atoms. The molecule has 0 amide bonds. The van der Waals surface area contributed by atoms with Gasteiger partial charge in [-0.15, -0.1) is 11.3 Å². The highest BCUT2D eigenvalue weighted by atomic mass is 32.1. The van der Waals surface area contributed by atoms with Crippen LogP contribution in [0, 0.1) is 0 Å². The van der Waals surface area contributed by atoms with Crippen molar-refractivity contribution in [3.63, 3.8) is 0 Å². The van der Waals surface area contributed by atoms with Crippen molar-refractivity contribution in [1.29, 1.82) is 0 Å². The van der Waals surface area contributed by atoms with Crippen LogP contribution in [0.25, 0.3) is 92.0 Å². The van der Waals surface area contributed by atoms with Crippen molar-refractivity contribution in [2.24, 2.45) is 0 Å². The molecule has 4 aromatic heterocycles. The molecule has 0 aliphatic heterocycles. The van der Waals surface area contributed by atoms with Crippen LogP contribution in [0.5, 0.6) is 0 Å². The lowest BCUT2D eigenvalue weighted by Crippen LogP contribution is -2.02. The minimum absolute atomic E-state index is 0.586. The number of aromatic nitrogens is 3. The lowest BCUT2D eigenvalue weighted by atomic mass is 10.0. The van der Waals surface area contributed by atoms with Gasteiger partial charge in [-0.3, -0.25) is 4.57 Å². The fraction of sp³-hybridized carbons (Fsp3) is 0. The SMILES string of the molecule is c1ccc2cc(-c3nc(-n4c5ccccc5c5c6c(ccc54)sc4ccccc46)nc4oc5ccccc5c34)ccc2c1. The molecule has 43 heavy (non-hydrogen) atoms. The van der Waals surface area contributed by atoms with Gasteiger partial charge in [-0.2, -0.15) is 4.98 Å². The molecular formula is C38H21N3OS. The first-order valence-corrected chi connectivity index (χ1v) is 15.2. The third-order valence-corrected chi connectivity index (χ3v) is 9.76. The maximum atomic E-state index is 6.42. The number of benzene rings is 6. The molecule has 6 aromatic carbocycles. The normalized spacial score (nSPS) is 12.2. The van der Waals surface area contributed by atoms with E-state index in [2.05, 4.69) is 114 Å². The maximum absolute atomic E-state index is 6.42. The molecule has 5 heteroatoms. The zero-order valence-electron chi connectivity index (χ0n) is 22.8. The van der Waals surface area contributed by atoms with Crippen LogP contribution in [0.1, 0.15) is 0 Å². The number of nitrogens with zero attached hydrogens (tertiary/aromatic N) is 3. The maximum Gasteiger partial charge on any atom is 0.238 e. The molecule has 0 saturated carbocycles. The second-order valence-corrected chi connectivity index (χ2v) is 12.1. The largest absolute Gasteiger partial charge is 0.437 e. The molecule has 0 unspecified atom stereocenters. The number of fused-ring (bicyclic) bond motifs is 11. The summed E-state index contributed by atoms with van der Waals surface area (Å²) in [6, 6.07) is 44.8. The van der Waals surface area contributed by atoms with Crippen LogP contribution in [0.2, 0.25) is 0 Å². The zero-order valence-corrected chi connectivity index (χ0v) is 23.6. The molecule has 200 valence electrons. The van der Waals surface area contributed by atoms with E-state index < -0.39 is 0 Å².